The number of allylic oxidation sites excluding steroid dienone is 1. The van der Waals surface area contributed by atoms with Gasteiger partial charge in [-0.2, -0.15) is 0 Å². The minimum absolute atomic E-state index is 0.203. The van der Waals surface area contributed by atoms with E-state index in [9.17, 15) is 9.90 Å². The summed E-state index contributed by atoms with van der Waals surface area (Å²) in [6, 6.07) is 0.203. The maximum absolute atomic E-state index is 11.4. The molecule has 2 aliphatic heterocycles. The molecule has 4 nitrogen and oxygen atoms in total. The summed E-state index contributed by atoms with van der Waals surface area (Å²) in [5.41, 5.74) is 0.948. The first-order valence-corrected chi connectivity index (χ1v) is 6.31. The van der Waals surface area contributed by atoms with Crippen molar-refractivity contribution in [3.63, 3.8) is 0 Å². The van der Waals surface area contributed by atoms with Crippen LogP contribution in [0.3, 0.4) is 0 Å². The Balaban J connectivity index is 1.84. The fourth-order valence-corrected chi connectivity index (χ4v) is 2.89. The zero-order valence-corrected chi connectivity index (χ0v) is 10.6. The number of carbonyl (C=O) groups excluding carboxylic acids is 1. The first-order chi connectivity index (χ1) is 8.08. The molecule has 2 heterocycles. The Morgan fingerprint density at radius 3 is 2.82 bits per heavy atom. The van der Waals surface area contributed by atoms with E-state index in [1.165, 1.54) is 6.08 Å². The Morgan fingerprint density at radius 2 is 2.12 bits per heavy atom. The van der Waals surface area contributed by atoms with Crippen molar-refractivity contribution in [3.05, 3.63) is 11.6 Å². The fraction of sp³-hybridized carbons (Fsp3) is 0.769. The summed E-state index contributed by atoms with van der Waals surface area (Å²) in [5.74, 6) is 0.0259. The summed E-state index contributed by atoms with van der Waals surface area (Å²) in [5, 5.41) is 9.89. The van der Waals surface area contributed by atoms with E-state index in [1.807, 2.05) is 13.8 Å². The lowest BCUT2D eigenvalue weighted by molar-refractivity contribution is -0.139. The topological polar surface area (TPSA) is 49.8 Å². The molecule has 0 radical (unpaired) electrons. The lowest BCUT2D eigenvalue weighted by Crippen LogP contribution is -2.35. The van der Waals surface area contributed by atoms with Crippen LogP contribution in [0.5, 0.6) is 0 Å². The Bertz CT molecular complexity index is 323. The molecule has 0 bridgehead atoms. The van der Waals surface area contributed by atoms with Crippen molar-refractivity contribution in [3.8, 4) is 0 Å². The second-order valence-corrected chi connectivity index (χ2v) is 5.28. The van der Waals surface area contributed by atoms with Crippen molar-refractivity contribution >= 4 is 5.97 Å². The molecular formula is C13H21NO3. The number of hydrogen-bond donors (Lipinski definition) is 1. The van der Waals surface area contributed by atoms with E-state index >= 15 is 0 Å². The summed E-state index contributed by atoms with van der Waals surface area (Å²) >= 11 is 0. The van der Waals surface area contributed by atoms with Crippen LogP contribution in [-0.4, -0.2) is 47.8 Å². The maximum Gasteiger partial charge on any atom is 0.330 e. The third-order valence-electron chi connectivity index (χ3n) is 3.64. The van der Waals surface area contributed by atoms with E-state index in [0.29, 0.717) is 12.5 Å². The molecule has 2 saturated heterocycles. The molecule has 3 atom stereocenters. The van der Waals surface area contributed by atoms with Crippen LogP contribution in [0, 0.1) is 5.92 Å². The molecule has 0 aromatic heterocycles. The lowest BCUT2D eigenvalue weighted by Gasteiger charge is -2.22. The zero-order chi connectivity index (χ0) is 12.4. The average molecular weight is 239 g/mol. The summed E-state index contributed by atoms with van der Waals surface area (Å²) in [7, 11) is 0. The van der Waals surface area contributed by atoms with Gasteiger partial charge in [-0.1, -0.05) is 5.57 Å². The monoisotopic (exact) mass is 239 g/mol. The van der Waals surface area contributed by atoms with E-state index in [2.05, 4.69) is 4.90 Å². The van der Waals surface area contributed by atoms with E-state index in [0.717, 1.165) is 31.5 Å². The second kappa shape index (κ2) is 5.19. The van der Waals surface area contributed by atoms with E-state index in [4.69, 9.17) is 4.74 Å². The molecule has 0 aromatic carbocycles. The second-order valence-electron chi connectivity index (χ2n) is 5.28. The lowest BCUT2D eigenvalue weighted by atomic mass is 9.97. The largest absolute Gasteiger partial charge is 0.462 e. The predicted molar refractivity (Wildman–Crippen MR) is 64.5 cm³/mol. The molecule has 2 fully saturated rings. The summed E-state index contributed by atoms with van der Waals surface area (Å²) < 4.78 is 5.24. The zero-order valence-electron chi connectivity index (χ0n) is 10.6. The molecule has 0 saturated carbocycles. The molecule has 0 amide bonds. The smallest absolute Gasteiger partial charge is 0.330 e. The number of fused-ring (bicyclic) bond motifs is 1. The van der Waals surface area contributed by atoms with Crippen molar-refractivity contribution in [2.24, 2.45) is 5.92 Å². The van der Waals surface area contributed by atoms with Crippen LogP contribution in [-0.2, 0) is 9.53 Å². The molecule has 0 aromatic rings. The summed E-state index contributed by atoms with van der Waals surface area (Å²) in [4.78, 5) is 13.7. The normalized spacial score (nSPS) is 32.3. The number of ether oxygens (including phenoxy) is 1. The fourth-order valence-electron chi connectivity index (χ4n) is 2.89. The molecule has 3 unspecified atom stereocenters. The number of aliphatic hydroxyl groups excluding tert-OH is 1. The molecule has 0 spiro atoms. The molecule has 17 heavy (non-hydrogen) atoms. The van der Waals surface area contributed by atoms with Gasteiger partial charge in [0.05, 0.1) is 12.7 Å². The van der Waals surface area contributed by atoms with Crippen LogP contribution in [0.2, 0.25) is 0 Å². The molecular weight excluding hydrogens is 218 g/mol. The molecule has 2 aliphatic rings. The highest BCUT2D eigenvalue weighted by Crippen LogP contribution is 2.33. The van der Waals surface area contributed by atoms with Gasteiger partial charge < -0.3 is 9.84 Å². The maximum atomic E-state index is 11.4. The van der Waals surface area contributed by atoms with Crippen molar-refractivity contribution in [2.75, 3.05) is 19.7 Å². The first-order valence-electron chi connectivity index (χ1n) is 6.31. The van der Waals surface area contributed by atoms with E-state index < -0.39 is 0 Å². The SMILES string of the molecule is CC(C)=CC(=O)OCC1CCN2CCC(O)C12. The van der Waals surface area contributed by atoms with Crippen LogP contribution in [0.25, 0.3) is 0 Å². The highest BCUT2D eigenvalue weighted by atomic mass is 16.5. The van der Waals surface area contributed by atoms with Gasteiger partial charge in [0.2, 0.25) is 0 Å². The van der Waals surface area contributed by atoms with E-state index in [1.54, 1.807) is 0 Å². The highest BCUT2D eigenvalue weighted by molar-refractivity contribution is 5.82. The molecule has 0 aliphatic carbocycles. The minimum atomic E-state index is -0.268. The molecule has 96 valence electrons. The van der Waals surface area contributed by atoms with Crippen molar-refractivity contribution in [2.45, 2.75) is 38.8 Å². The van der Waals surface area contributed by atoms with Gasteiger partial charge in [-0.05, 0) is 33.2 Å². The highest BCUT2D eigenvalue weighted by Gasteiger charge is 2.43. The third kappa shape index (κ3) is 2.87. The summed E-state index contributed by atoms with van der Waals surface area (Å²) in [6.07, 6.45) is 3.13. The van der Waals surface area contributed by atoms with Crippen LogP contribution in [0.15, 0.2) is 11.6 Å². The predicted octanol–water partition coefficient (Wildman–Crippen LogP) is 0.951. The van der Waals surface area contributed by atoms with Gasteiger partial charge in [-0.15, -0.1) is 0 Å². The number of carbonyl (C=O) groups is 1. The van der Waals surface area contributed by atoms with Gasteiger partial charge in [0.25, 0.3) is 0 Å². The van der Waals surface area contributed by atoms with Crippen LogP contribution in [0.1, 0.15) is 26.7 Å². The van der Waals surface area contributed by atoms with Gasteiger partial charge in [0.15, 0.2) is 0 Å². The van der Waals surface area contributed by atoms with Crippen LogP contribution < -0.4 is 0 Å². The number of rotatable bonds is 3. The van der Waals surface area contributed by atoms with Crippen molar-refractivity contribution in [1.29, 1.82) is 0 Å². The molecule has 4 heteroatoms. The minimum Gasteiger partial charge on any atom is -0.462 e. The third-order valence-corrected chi connectivity index (χ3v) is 3.64. The Hall–Kier alpha value is -0.870. The molecule has 2 rings (SSSR count). The van der Waals surface area contributed by atoms with Gasteiger partial charge >= 0.3 is 5.97 Å². The number of nitrogens with zero attached hydrogens (tertiary/aromatic N) is 1. The van der Waals surface area contributed by atoms with Crippen LogP contribution in [0.4, 0.5) is 0 Å². The number of aliphatic hydroxyl groups is 1. The van der Waals surface area contributed by atoms with Crippen molar-refractivity contribution in [1.82, 2.24) is 4.90 Å². The van der Waals surface area contributed by atoms with Gasteiger partial charge in [-0.25, -0.2) is 4.79 Å². The molecule has 1 N–H and O–H groups in total. The van der Waals surface area contributed by atoms with Crippen molar-refractivity contribution < 1.29 is 14.6 Å². The quantitative estimate of drug-likeness (QED) is 0.588. The van der Waals surface area contributed by atoms with Gasteiger partial charge in [0, 0.05) is 24.6 Å². The number of esters is 1. The van der Waals surface area contributed by atoms with Gasteiger partial charge in [0.1, 0.15) is 0 Å². The number of hydrogen-bond acceptors (Lipinski definition) is 4. The van der Waals surface area contributed by atoms with Gasteiger partial charge in [-0.3, -0.25) is 4.90 Å². The average Bonchev–Trinajstić information content (AvgIpc) is 2.79. The Kier molecular flexibility index (Phi) is 3.84. The Labute approximate surface area is 102 Å². The first kappa shape index (κ1) is 12.6. The Morgan fingerprint density at radius 1 is 1.41 bits per heavy atom. The summed E-state index contributed by atoms with van der Waals surface area (Å²) in [6.45, 7) is 6.18. The standard InChI is InChI=1S/C13H21NO3/c1-9(2)7-12(16)17-8-10-3-5-14-6-4-11(15)13(10)14/h7,10-11,13,15H,3-6,8H2,1-2H3. The van der Waals surface area contributed by atoms with E-state index in [-0.39, 0.29) is 18.1 Å². The van der Waals surface area contributed by atoms with Crippen LogP contribution >= 0.6 is 0 Å².